The number of nitrogens with two attached hydrogens (primary N) is 1. The second-order valence-electron chi connectivity index (χ2n) is 1.93. The van der Waals surface area contributed by atoms with Crippen LogP contribution in [-0.4, -0.2) is 12.5 Å². The van der Waals surface area contributed by atoms with Crippen molar-refractivity contribution in [1.82, 2.24) is 0 Å². The van der Waals surface area contributed by atoms with Gasteiger partial charge in [0.05, 0.1) is 12.2 Å². The second-order valence-corrected chi connectivity index (χ2v) is 3.45. The number of halogens is 1. The molecule has 0 aromatic carbocycles. The number of rotatable bonds is 3. The Kier molecular flexibility index (Phi) is 2.73. The van der Waals surface area contributed by atoms with Gasteiger partial charge in [0.1, 0.15) is 4.34 Å². The molecule has 0 saturated carbocycles. The molecule has 3 N–H and O–H groups in total. The Bertz CT molecular complexity index is 261. The van der Waals surface area contributed by atoms with Crippen LogP contribution < -0.4 is 11.1 Å². The second kappa shape index (κ2) is 3.59. The Morgan fingerprint density at radius 1 is 1.82 bits per heavy atom. The summed E-state index contributed by atoms with van der Waals surface area (Å²) in [4.78, 5) is 10.3. The Morgan fingerprint density at radius 3 is 3.00 bits per heavy atom. The minimum atomic E-state index is -0.396. The van der Waals surface area contributed by atoms with E-state index in [1.54, 1.807) is 6.07 Å². The standard InChI is InChI=1S/C6H7ClN2OS/c7-6-4(1-2-11-6)9-3-5(8)10/h1-2,9H,3H2,(H2,8,10). The Hall–Kier alpha value is -0.740. The van der Waals surface area contributed by atoms with Crippen molar-refractivity contribution < 1.29 is 4.79 Å². The summed E-state index contributed by atoms with van der Waals surface area (Å²) < 4.78 is 0.645. The van der Waals surface area contributed by atoms with Crippen molar-refractivity contribution in [2.24, 2.45) is 5.73 Å². The highest BCUT2D eigenvalue weighted by molar-refractivity contribution is 7.15. The molecule has 0 saturated heterocycles. The van der Waals surface area contributed by atoms with Crippen LogP contribution in [-0.2, 0) is 4.79 Å². The summed E-state index contributed by atoms with van der Waals surface area (Å²) in [6, 6.07) is 1.80. The highest BCUT2D eigenvalue weighted by Crippen LogP contribution is 2.27. The topological polar surface area (TPSA) is 55.1 Å². The van der Waals surface area contributed by atoms with Gasteiger partial charge in [0.2, 0.25) is 5.91 Å². The fraction of sp³-hybridized carbons (Fsp3) is 0.167. The fourth-order valence-electron chi connectivity index (χ4n) is 0.602. The number of carbonyl (C=O) groups is 1. The van der Waals surface area contributed by atoms with Crippen molar-refractivity contribution in [3.8, 4) is 0 Å². The van der Waals surface area contributed by atoms with E-state index in [0.29, 0.717) is 4.34 Å². The third-order valence-electron chi connectivity index (χ3n) is 1.07. The molecule has 11 heavy (non-hydrogen) atoms. The van der Waals surface area contributed by atoms with Crippen LogP contribution in [0.15, 0.2) is 11.4 Å². The predicted octanol–water partition coefficient (Wildman–Crippen LogP) is 1.30. The quantitative estimate of drug-likeness (QED) is 0.755. The van der Waals surface area contributed by atoms with Gasteiger partial charge in [-0.1, -0.05) is 11.6 Å². The van der Waals surface area contributed by atoms with Crippen LogP contribution in [0, 0.1) is 0 Å². The molecule has 0 fully saturated rings. The monoisotopic (exact) mass is 190 g/mol. The van der Waals surface area contributed by atoms with Crippen molar-refractivity contribution in [2.45, 2.75) is 0 Å². The summed E-state index contributed by atoms with van der Waals surface area (Å²) in [5.74, 6) is -0.396. The lowest BCUT2D eigenvalue weighted by Crippen LogP contribution is -2.21. The lowest BCUT2D eigenvalue weighted by atomic mass is 10.5. The molecule has 0 unspecified atom stereocenters. The number of nitrogens with one attached hydrogen (secondary N) is 1. The maximum Gasteiger partial charge on any atom is 0.236 e. The number of amides is 1. The van der Waals surface area contributed by atoms with Crippen molar-refractivity contribution in [3.05, 3.63) is 15.8 Å². The molecule has 5 heteroatoms. The van der Waals surface area contributed by atoms with Gasteiger partial charge in [-0.25, -0.2) is 0 Å². The molecule has 3 nitrogen and oxygen atoms in total. The summed E-state index contributed by atoms with van der Waals surface area (Å²) in [6.07, 6.45) is 0. The Balaban J connectivity index is 2.51. The number of hydrogen-bond acceptors (Lipinski definition) is 3. The van der Waals surface area contributed by atoms with Gasteiger partial charge in [0, 0.05) is 0 Å². The third-order valence-corrected chi connectivity index (χ3v) is 2.24. The SMILES string of the molecule is NC(=O)CNc1ccsc1Cl. The fourth-order valence-corrected chi connectivity index (χ4v) is 1.48. The van der Waals surface area contributed by atoms with Crippen LogP contribution in [0.25, 0.3) is 0 Å². The Labute approximate surface area is 73.2 Å². The van der Waals surface area contributed by atoms with E-state index in [4.69, 9.17) is 17.3 Å². The number of hydrogen-bond donors (Lipinski definition) is 2. The molecule has 1 aromatic rings. The van der Waals surface area contributed by atoms with E-state index in [9.17, 15) is 4.79 Å². The zero-order valence-corrected chi connectivity index (χ0v) is 7.21. The summed E-state index contributed by atoms with van der Waals surface area (Å²) >= 11 is 7.13. The summed E-state index contributed by atoms with van der Waals surface area (Å²) in [7, 11) is 0. The third kappa shape index (κ3) is 2.40. The predicted molar refractivity (Wildman–Crippen MR) is 47.0 cm³/mol. The highest BCUT2D eigenvalue weighted by atomic mass is 35.5. The molecule has 0 bridgehead atoms. The van der Waals surface area contributed by atoms with Crippen LogP contribution in [0.4, 0.5) is 5.69 Å². The Morgan fingerprint density at radius 2 is 2.55 bits per heavy atom. The van der Waals surface area contributed by atoms with Crippen molar-refractivity contribution >= 4 is 34.5 Å². The minimum absolute atomic E-state index is 0.121. The smallest absolute Gasteiger partial charge is 0.236 e. The van der Waals surface area contributed by atoms with E-state index in [1.165, 1.54) is 11.3 Å². The molecule has 1 amide bonds. The zero-order chi connectivity index (χ0) is 8.27. The largest absolute Gasteiger partial charge is 0.374 e. The molecule has 1 heterocycles. The van der Waals surface area contributed by atoms with E-state index in [2.05, 4.69) is 5.32 Å². The first-order valence-corrected chi connectivity index (χ1v) is 4.21. The molecule has 1 rings (SSSR count). The van der Waals surface area contributed by atoms with Gasteiger partial charge in [0.25, 0.3) is 0 Å². The molecular formula is C6H7ClN2OS. The van der Waals surface area contributed by atoms with Crippen LogP contribution >= 0.6 is 22.9 Å². The number of primary amides is 1. The molecular weight excluding hydrogens is 184 g/mol. The van der Waals surface area contributed by atoms with Gasteiger partial charge in [-0.2, -0.15) is 0 Å². The molecule has 0 aliphatic heterocycles. The minimum Gasteiger partial charge on any atom is -0.374 e. The molecule has 0 aliphatic rings. The van der Waals surface area contributed by atoms with Gasteiger partial charge in [0.15, 0.2) is 0 Å². The molecule has 60 valence electrons. The lowest BCUT2D eigenvalue weighted by molar-refractivity contribution is -0.116. The number of anilines is 1. The van der Waals surface area contributed by atoms with Crippen LogP contribution in [0.1, 0.15) is 0 Å². The van der Waals surface area contributed by atoms with Gasteiger partial charge in [-0.05, 0) is 11.4 Å². The van der Waals surface area contributed by atoms with Crippen molar-refractivity contribution in [2.75, 3.05) is 11.9 Å². The van der Waals surface area contributed by atoms with Crippen molar-refractivity contribution in [1.29, 1.82) is 0 Å². The van der Waals surface area contributed by atoms with E-state index in [-0.39, 0.29) is 6.54 Å². The average molecular weight is 191 g/mol. The highest BCUT2D eigenvalue weighted by Gasteiger charge is 2.00. The zero-order valence-electron chi connectivity index (χ0n) is 5.63. The molecule has 0 radical (unpaired) electrons. The first-order chi connectivity index (χ1) is 5.20. The molecule has 0 spiro atoms. The van der Waals surface area contributed by atoms with Gasteiger partial charge in [-0.15, -0.1) is 11.3 Å². The van der Waals surface area contributed by atoms with Crippen LogP contribution in [0.2, 0.25) is 4.34 Å². The van der Waals surface area contributed by atoms with E-state index < -0.39 is 5.91 Å². The van der Waals surface area contributed by atoms with E-state index in [0.717, 1.165) is 5.69 Å². The van der Waals surface area contributed by atoms with Gasteiger partial charge < -0.3 is 11.1 Å². The van der Waals surface area contributed by atoms with E-state index >= 15 is 0 Å². The summed E-state index contributed by atoms with van der Waals surface area (Å²) in [5, 5.41) is 4.64. The molecule has 0 atom stereocenters. The normalized spacial score (nSPS) is 9.55. The molecule has 1 aromatic heterocycles. The molecule has 0 aliphatic carbocycles. The van der Waals surface area contributed by atoms with Gasteiger partial charge in [-0.3, -0.25) is 4.79 Å². The first-order valence-electron chi connectivity index (χ1n) is 2.95. The van der Waals surface area contributed by atoms with Crippen molar-refractivity contribution in [3.63, 3.8) is 0 Å². The van der Waals surface area contributed by atoms with E-state index in [1.807, 2.05) is 5.38 Å². The number of thiophene rings is 1. The van der Waals surface area contributed by atoms with Crippen LogP contribution in [0.5, 0.6) is 0 Å². The van der Waals surface area contributed by atoms with Gasteiger partial charge >= 0.3 is 0 Å². The first kappa shape index (κ1) is 8.36. The number of carbonyl (C=O) groups excluding carboxylic acids is 1. The maximum absolute atomic E-state index is 10.3. The maximum atomic E-state index is 10.3. The lowest BCUT2D eigenvalue weighted by Gasteiger charge is -1.99. The van der Waals surface area contributed by atoms with Crippen LogP contribution in [0.3, 0.4) is 0 Å². The summed E-state index contributed by atoms with van der Waals surface area (Å²) in [5.41, 5.74) is 5.68. The summed E-state index contributed by atoms with van der Waals surface area (Å²) in [6.45, 7) is 0.121. The average Bonchev–Trinajstić information content (AvgIpc) is 2.31.